The van der Waals surface area contributed by atoms with Gasteiger partial charge in [-0.25, -0.2) is 4.98 Å². The van der Waals surface area contributed by atoms with Crippen LogP contribution in [0.25, 0.3) is 0 Å². The maximum atomic E-state index is 10.5. The Bertz CT molecular complexity index is 625. The molecule has 20 heavy (non-hydrogen) atoms. The predicted octanol–water partition coefficient (Wildman–Crippen LogP) is 4.97. The summed E-state index contributed by atoms with van der Waals surface area (Å²) in [6.07, 6.45) is 0.457. The maximum absolute atomic E-state index is 10.5. The molecule has 1 aromatic carbocycles. The fraction of sp³-hybridized carbons (Fsp3) is 0.167. The van der Waals surface area contributed by atoms with Gasteiger partial charge < -0.3 is 10.4 Å². The largest absolute Gasteiger partial charge is 0.481 e. The summed E-state index contributed by atoms with van der Waals surface area (Å²) in [5.41, 5.74) is 1.31. The number of carbonyl (C=O) groups is 1. The molecule has 0 amide bonds. The van der Waals surface area contributed by atoms with Gasteiger partial charge in [-0.3, -0.25) is 4.79 Å². The lowest BCUT2D eigenvalue weighted by molar-refractivity contribution is -0.136. The molecule has 2 rings (SSSR count). The number of thiazole rings is 1. The zero-order valence-electron chi connectivity index (χ0n) is 9.99. The summed E-state index contributed by atoms with van der Waals surface area (Å²) in [6, 6.07) is 3.46. The normalized spacial score (nSPS) is 10.6. The number of rotatable bonds is 5. The molecule has 0 saturated carbocycles. The van der Waals surface area contributed by atoms with E-state index >= 15 is 0 Å². The van der Waals surface area contributed by atoms with E-state index in [0.29, 0.717) is 27.3 Å². The zero-order valence-corrected chi connectivity index (χ0v) is 13.9. The van der Waals surface area contributed by atoms with Gasteiger partial charge in [0.15, 0.2) is 5.13 Å². The molecule has 0 fully saturated rings. The number of benzene rings is 1. The molecule has 0 spiro atoms. The highest BCUT2D eigenvalue weighted by molar-refractivity contribution is 9.10. The van der Waals surface area contributed by atoms with Crippen molar-refractivity contribution in [2.75, 3.05) is 5.32 Å². The van der Waals surface area contributed by atoms with E-state index in [0.717, 1.165) is 10.2 Å². The molecule has 0 aliphatic heterocycles. The summed E-state index contributed by atoms with van der Waals surface area (Å²) < 4.78 is 0.791. The van der Waals surface area contributed by atoms with E-state index in [9.17, 15) is 4.79 Å². The van der Waals surface area contributed by atoms with Crippen LogP contribution < -0.4 is 5.32 Å². The number of hydrogen-bond donors (Lipinski definition) is 2. The fourth-order valence-electron chi connectivity index (χ4n) is 1.48. The van der Waals surface area contributed by atoms with E-state index in [1.54, 1.807) is 12.1 Å². The minimum atomic E-state index is -0.841. The number of aryl methyl sites for hydroxylation is 1. The molecule has 8 heteroatoms. The third-order valence-corrected chi connectivity index (χ3v) is 4.25. The third kappa shape index (κ3) is 4.09. The van der Waals surface area contributed by atoms with Crippen molar-refractivity contribution in [3.8, 4) is 0 Å². The summed E-state index contributed by atoms with van der Waals surface area (Å²) in [5, 5.41) is 15.1. The number of nitrogens with zero attached hydrogens (tertiary/aromatic N) is 1. The van der Waals surface area contributed by atoms with Crippen LogP contribution in [0, 0.1) is 0 Å². The monoisotopic (exact) mass is 394 g/mol. The van der Waals surface area contributed by atoms with E-state index in [4.69, 9.17) is 28.3 Å². The molecule has 4 nitrogen and oxygen atoms in total. The molecule has 2 N–H and O–H groups in total. The molecule has 0 aliphatic rings. The van der Waals surface area contributed by atoms with Crippen LogP contribution in [0.1, 0.15) is 12.1 Å². The molecule has 0 bridgehead atoms. The van der Waals surface area contributed by atoms with Crippen molar-refractivity contribution in [2.24, 2.45) is 0 Å². The Hall–Kier alpha value is -0.820. The van der Waals surface area contributed by atoms with Crippen LogP contribution in [0.2, 0.25) is 10.0 Å². The van der Waals surface area contributed by atoms with Crippen molar-refractivity contribution >= 4 is 67.3 Å². The fourth-order valence-corrected chi connectivity index (χ4v) is 3.53. The lowest BCUT2D eigenvalue weighted by Crippen LogP contribution is -1.98. The Morgan fingerprint density at radius 1 is 1.40 bits per heavy atom. The standard InChI is InChI=1S/C12H9BrCl2N2O2S/c13-6-3-8(14)11(9(15)4-6)17-12-16-7(5-20-12)1-2-10(18)19/h3-5H,1-2H2,(H,16,17)(H,18,19). The van der Waals surface area contributed by atoms with E-state index in [1.165, 1.54) is 11.3 Å². The van der Waals surface area contributed by atoms with Crippen LogP contribution >= 0.6 is 50.5 Å². The topological polar surface area (TPSA) is 62.2 Å². The number of aromatic nitrogens is 1. The Labute approximate surface area is 137 Å². The maximum Gasteiger partial charge on any atom is 0.303 e. The second kappa shape index (κ2) is 6.76. The average molecular weight is 396 g/mol. The Morgan fingerprint density at radius 2 is 2.05 bits per heavy atom. The Kier molecular flexibility index (Phi) is 5.26. The summed E-state index contributed by atoms with van der Waals surface area (Å²) in [5.74, 6) is -0.841. The highest BCUT2D eigenvalue weighted by atomic mass is 79.9. The van der Waals surface area contributed by atoms with E-state index in [2.05, 4.69) is 26.2 Å². The van der Waals surface area contributed by atoms with Crippen molar-refractivity contribution < 1.29 is 9.90 Å². The van der Waals surface area contributed by atoms with Gasteiger partial charge in [0.25, 0.3) is 0 Å². The Morgan fingerprint density at radius 3 is 2.65 bits per heavy atom. The van der Waals surface area contributed by atoms with Gasteiger partial charge in [0, 0.05) is 16.3 Å². The van der Waals surface area contributed by atoms with Crippen molar-refractivity contribution in [3.63, 3.8) is 0 Å². The van der Waals surface area contributed by atoms with Crippen LogP contribution in [-0.4, -0.2) is 16.1 Å². The lowest BCUT2D eigenvalue weighted by atomic mass is 10.2. The number of nitrogens with one attached hydrogen (secondary N) is 1. The van der Waals surface area contributed by atoms with Gasteiger partial charge in [0.05, 0.1) is 27.8 Å². The average Bonchev–Trinajstić information content (AvgIpc) is 2.79. The molecule has 1 aromatic heterocycles. The first kappa shape index (κ1) is 15.6. The van der Waals surface area contributed by atoms with E-state index < -0.39 is 5.97 Å². The number of aliphatic carboxylic acids is 1. The smallest absolute Gasteiger partial charge is 0.303 e. The van der Waals surface area contributed by atoms with Gasteiger partial charge in [-0.05, 0) is 12.1 Å². The molecule has 2 aromatic rings. The molecule has 0 saturated heterocycles. The summed E-state index contributed by atoms with van der Waals surface area (Å²) >= 11 is 16.9. The number of anilines is 2. The molecular weight excluding hydrogens is 387 g/mol. The highest BCUT2D eigenvalue weighted by Crippen LogP contribution is 2.36. The van der Waals surface area contributed by atoms with Gasteiger partial charge in [-0.1, -0.05) is 39.1 Å². The molecule has 0 unspecified atom stereocenters. The molecule has 0 atom stereocenters. The van der Waals surface area contributed by atoms with Gasteiger partial charge in [-0.2, -0.15) is 0 Å². The molecule has 0 radical (unpaired) electrons. The van der Waals surface area contributed by atoms with Crippen LogP contribution in [0.15, 0.2) is 22.0 Å². The van der Waals surface area contributed by atoms with Crippen LogP contribution in [0.3, 0.4) is 0 Å². The number of hydrogen-bond acceptors (Lipinski definition) is 4. The van der Waals surface area contributed by atoms with Crippen LogP contribution in [0.4, 0.5) is 10.8 Å². The predicted molar refractivity (Wildman–Crippen MR) is 85.5 cm³/mol. The van der Waals surface area contributed by atoms with E-state index in [1.807, 2.05) is 5.38 Å². The van der Waals surface area contributed by atoms with Gasteiger partial charge in [0.1, 0.15) is 0 Å². The van der Waals surface area contributed by atoms with Crippen LogP contribution in [-0.2, 0) is 11.2 Å². The molecule has 0 aliphatic carbocycles. The van der Waals surface area contributed by atoms with Crippen molar-refractivity contribution in [1.29, 1.82) is 0 Å². The number of carboxylic acid groups (broad SMARTS) is 1. The van der Waals surface area contributed by atoms with Crippen molar-refractivity contribution in [1.82, 2.24) is 4.98 Å². The van der Waals surface area contributed by atoms with Crippen molar-refractivity contribution in [2.45, 2.75) is 12.8 Å². The van der Waals surface area contributed by atoms with Gasteiger partial charge in [0.2, 0.25) is 0 Å². The van der Waals surface area contributed by atoms with Gasteiger partial charge >= 0.3 is 5.97 Å². The second-order valence-electron chi connectivity index (χ2n) is 3.91. The Balaban J connectivity index is 2.13. The van der Waals surface area contributed by atoms with Gasteiger partial charge in [-0.15, -0.1) is 11.3 Å². The quantitative estimate of drug-likeness (QED) is 0.749. The second-order valence-corrected chi connectivity index (χ2v) is 6.50. The summed E-state index contributed by atoms with van der Waals surface area (Å²) in [4.78, 5) is 14.8. The first-order valence-electron chi connectivity index (χ1n) is 5.53. The molecule has 106 valence electrons. The molecular formula is C12H9BrCl2N2O2S. The molecule has 1 heterocycles. The SMILES string of the molecule is O=C(O)CCc1csc(Nc2c(Cl)cc(Br)cc2Cl)n1. The number of carboxylic acids is 1. The number of halogens is 3. The van der Waals surface area contributed by atoms with E-state index in [-0.39, 0.29) is 6.42 Å². The zero-order chi connectivity index (χ0) is 14.7. The minimum Gasteiger partial charge on any atom is -0.481 e. The summed E-state index contributed by atoms with van der Waals surface area (Å²) in [6.45, 7) is 0. The highest BCUT2D eigenvalue weighted by Gasteiger charge is 2.10. The first-order chi connectivity index (χ1) is 9.45. The third-order valence-electron chi connectivity index (χ3n) is 2.39. The lowest BCUT2D eigenvalue weighted by Gasteiger charge is -2.08. The van der Waals surface area contributed by atoms with Crippen molar-refractivity contribution in [3.05, 3.63) is 37.7 Å². The minimum absolute atomic E-state index is 0.0585. The summed E-state index contributed by atoms with van der Waals surface area (Å²) in [7, 11) is 0. The first-order valence-corrected chi connectivity index (χ1v) is 7.96. The van der Waals surface area contributed by atoms with Crippen LogP contribution in [0.5, 0.6) is 0 Å².